The molecule has 0 unspecified atom stereocenters. The monoisotopic (exact) mass is 393 g/mol. The van der Waals surface area contributed by atoms with E-state index in [1.165, 1.54) is 6.42 Å². The number of aromatic nitrogens is 1. The molecule has 2 aromatic carbocycles. The van der Waals surface area contributed by atoms with Crippen molar-refractivity contribution in [3.8, 4) is 5.75 Å². The van der Waals surface area contributed by atoms with Gasteiger partial charge >= 0.3 is 0 Å². The molecule has 3 aliphatic rings. The largest absolute Gasteiger partial charge is 0.493 e. The van der Waals surface area contributed by atoms with Crippen molar-refractivity contribution in [3.05, 3.63) is 47.5 Å². The third-order valence-corrected chi connectivity index (χ3v) is 6.99. The number of rotatable bonds is 3. The van der Waals surface area contributed by atoms with Gasteiger partial charge in [-0.15, -0.1) is 0 Å². The zero-order valence-electron chi connectivity index (χ0n) is 15.2. The molecular weight excluding hydrogens is 374 g/mol. The minimum absolute atomic E-state index is 0.113. The quantitative estimate of drug-likeness (QED) is 0.738. The lowest BCUT2D eigenvalue weighted by Gasteiger charge is -2.57. The van der Waals surface area contributed by atoms with Crippen LogP contribution < -0.4 is 15.0 Å². The van der Waals surface area contributed by atoms with E-state index in [0.717, 1.165) is 58.5 Å². The van der Waals surface area contributed by atoms with Crippen LogP contribution in [0.25, 0.3) is 10.2 Å². The number of amides is 1. The van der Waals surface area contributed by atoms with Crippen LogP contribution in [0.5, 0.6) is 5.75 Å². The lowest BCUT2D eigenvalue weighted by Crippen LogP contribution is -2.71. The van der Waals surface area contributed by atoms with Gasteiger partial charge in [0.15, 0.2) is 5.13 Å². The number of hydrogen-bond donors (Lipinski definition) is 1. The maximum absolute atomic E-state index is 12.7. The van der Waals surface area contributed by atoms with Crippen molar-refractivity contribution in [3.63, 3.8) is 0 Å². The Bertz CT molecular complexity index is 1100. The normalized spacial score (nSPS) is 19.1. The Kier molecular flexibility index (Phi) is 3.46. The van der Waals surface area contributed by atoms with Crippen LogP contribution in [0.1, 0.15) is 22.3 Å². The van der Waals surface area contributed by atoms with E-state index in [9.17, 15) is 4.79 Å². The van der Waals surface area contributed by atoms with Gasteiger partial charge in [0.05, 0.1) is 35.6 Å². The zero-order valence-corrected chi connectivity index (χ0v) is 16.1. The van der Waals surface area contributed by atoms with Crippen molar-refractivity contribution in [1.82, 2.24) is 4.98 Å². The summed E-state index contributed by atoms with van der Waals surface area (Å²) in [6, 6.07) is 11.5. The SMILES string of the molecule is O=C(Nc1ccc2sc(N3CCC34COC4)nc2c1)c1ccc2c(c1)CCO2. The molecule has 0 saturated carbocycles. The van der Waals surface area contributed by atoms with Crippen LogP contribution in [0.4, 0.5) is 10.8 Å². The number of anilines is 2. The number of hydrogen-bond acceptors (Lipinski definition) is 6. The number of thiazole rings is 1. The molecule has 3 aliphatic heterocycles. The third-order valence-electron chi connectivity index (χ3n) is 5.93. The van der Waals surface area contributed by atoms with Crippen LogP contribution in [0.15, 0.2) is 36.4 Å². The second kappa shape index (κ2) is 5.93. The summed E-state index contributed by atoms with van der Waals surface area (Å²) >= 11 is 1.70. The Hall–Kier alpha value is -2.64. The Morgan fingerprint density at radius 1 is 1.21 bits per heavy atom. The number of carbonyl (C=O) groups is 1. The number of nitrogens with one attached hydrogen (secondary N) is 1. The van der Waals surface area contributed by atoms with Gasteiger partial charge in [-0.25, -0.2) is 4.98 Å². The van der Waals surface area contributed by atoms with E-state index < -0.39 is 0 Å². The van der Waals surface area contributed by atoms with Gasteiger partial charge in [0.25, 0.3) is 5.91 Å². The molecule has 3 aromatic rings. The number of nitrogens with zero attached hydrogens (tertiary/aromatic N) is 2. The molecule has 0 radical (unpaired) electrons. The smallest absolute Gasteiger partial charge is 0.255 e. The van der Waals surface area contributed by atoms with Gasteiger partial charge in [0.1, 0.15) is 5.75 Å². The van der Waals surface area contributed by atoms with Crippen LogP contribution >= 0.6 is 11.3 Å². The molecule has 6 rings (SSSR count). The molecule has 2 fully saturated rings. The van der Waals surface area contributed by atoms with Gasteiger partial charge in [-0.3, -0.25) is 4.79 Å². The van der Waals surface area contributed by atoms with Gasteiger partial charge in [-0.05, 0) is 48.4 Å². The van der Waals surface area contributed by atoms with Crippen molar-refractivity contribution in [2.75, 3.05) is 36.6 Å². The molecule has 28 heavy (non-hydrogen) atoms. The lowest BCUT2D eigenvalue weighted by molar-refractivity contribution is -0.0847. The summed E-state index contributed by atoms with van der Waals surface area (Å²) in [4.78, 5) is 19.8. The molecule has 0 atom stereocenters. The standard InChI is InChI=1S/C21H19N3O3S/c25-19(14-1-3-17-13(9-14)5-8-27-17)22-15-2-4-18-16(10-15)23-20(28-18)24-7-6-21(24)11-26-12-21/h1-4,9-10H,5-8,11-12H2,(H,22,25). The fourth-order valence-electron chi connectivity index (χ4n) is 4.12. The predicted octanol–water partition coefficient (Wildman–Crippen LogP) is 3.46. The fraction of sp³-hybridized carbons (Fsp3) is 0.333. The molecular formula is C21H19N3O3S. The van der Waals surface area contributed by atoms with Crippen LogP contribution in [0, 0.1) is 0 Å². The molecule has 0 bridgehead atoms. The fourth-order valence-corrected chi connectivity index (χ4v) is 5.20. The highest BCUT2D eigenvalue weighted by atomic mass is 32.1. The highest BCUT2D eigenvalue weighted by molar-refractivity contribution is 7.22. The summed E-state index contributed by atoms with van der Waals surface area (Å²) in [5.41, 5.74) is 3.60. The summed E-state index contributed by atoms with van der Waals surface area (Å²) in [5, 5.41) is 4.05. The zero-order chi connectivity index (χ0) is 18.7. The lowest BCUT2D eigenvalue weighted by atomic mass is 9.83. The van der Waals surface area contributed by atoms with E-state index >= 15 is 0 Å². The maximum atomic E-state index is 12.7. The van der Waals surface area contributed by atoms with Crippen molar-refractivity contribution in [1.29, 1.82) is 0 Å². The summed E-state index contributed by atoms with van der Waals surface area (Å²) in [6.07, 6.45) is 2.03. The summed E-state index contributed by atoms with van der Waals surface area (Å²) < 4.78 is 12.1. The van der Waals surface area contributed by atoms with Gasteiger partial charge in [-0.2, -0.15) is 0 Å². The average molecular weight is 393 g/mol. The van der Waals surface area contributed by atoms with Crippen molar-refractivity contribution in [2.45, 2.75) is 18.4 Å². The Morgan fingerprint density at radius 3 is 2.93 bits per heavy atom. The second-order valence-corrected chi connectivity index (χ2v) is 8.68. The van der Waals surface area contributed by atoms with E-state index in [1.807, 2.05) is 36.4 Å². The Morgan fingerprint density at radius 2 is 2.14 bits per heavy atom. The maximum Gasteiger partial charge on any atom is 0.255 e. The Balaban J connectivity index is 1.24. The first kappa shape index (κ1) is 16.3. The molecule has 1 aromatic heterocycles. The number of benzene rings is 2. The minimum Gasteiger partial charge on any atom is -0.493 e. The van der Waals surface area contributed by atoms with Crippen molar-refractivity contribution >= 4 is 38.3 Å². The molecule has 1 amide bonds. The Labute approximate surface area is 166 Å². The van der Waals surface area contributed by atoms with Crippen molar-refractivity contribution < 1.29 is 14.3 Å². The summed E-state index contributed by atoms with van der Waals surface area (Å²) in [7, 11) is 0. The topological polar surface area (TPSA) is 63.7 Å². The van der Waals surface area contributed by atoms with Gasteiger partial charge in [0, 0.05) is 24.2 Å². The summed E-state index contributed by atoms with van der Waals surface area (Å²) in [6.45, 7) is 3.33. The molecule has 142 valence electrons. The molecule has 2 saturated heterocycles. The van der Waals surface area contributed by atoms with Crippen LogP contribution in [-0.2, 0) is 11.2 Å². The first-order valence-corrected chi connectivity index (χ1v) is 10.3. The van der Waals surface area contributed by atoms with Crippen LogP contribution in [0.2, 0.25) is 0 Å². The molecule has 0 aliphatic carbocycles. The molecule has 1 spiro atoms. The minimum atomic E-state index is -0.113. The third kappa shape index (κ3) is 2.43. The van der Waals surface area contributed by atoms with Gasteiger partial charge in [0.2, 0.25) is 0 Å². The molecule has 4 heterocycles. The van der Waals surface area contributed by atoms with E-state index in [1.54, 1.807) is 11.3 Å². The molecule has 6 nitrogen and oxygen atoms in total. The van der Waals surface area contributed by atoms with E-state index in [-0.39, 0.29) is 11.4 Å². The van der Waals surface area contributed by atoms with E-state index in [2.05, 4.69) is 10.2 Å². The first-order chi connectivity index (χ1) is 13.7. The van der Waals surface area contributed by atoms with E-state index in [4.69, 9.17) is 14.5 Å². The van der Waals surface area contributed by atoms with Crippen molar-refractivity contribution in [2.24, 2.45) is 0 Å². The number of carbonyl (C=O) groups excluding carboxylic acids is 1. The highest BCUT2D eigenvalue weighted by Crippen LogP contribution is 2.43. The van der Waals surface area contributed by atoms with Crippen LogP contribution in [-0.4, -0.2) is 42.8 Å². The number of ether oxygens (including phenoxy) is 2. The average Bonchev–Trinajstić information content (AvgIpc) is 3.24. The summed E-state index contributed by atoms with van der Waals surface area (Å²) in [5.74, 6) is 0.770. The number of fused-ring (bicyclic) bond motifs is 2. The van der Waals surface area contributed by atoms with Gasteiger partial charge < -0.3 is 19.7 Å². The van der Waals surface area contributed by atoms with Gasteiger partial charge in [-0.1, -0.05) is 11.3 Å². The highest BCUT2D eigenvalue weighted by Gasteiger charge is 2.51. The molecule has 1 N–H and O–H groups in total. The predicted molar refractivity (Wildman–Crippen MR) is 109 cm³/mol. The molecule has 7 heteroatoms. The second-order valence-electron chi connectivity index (χ2n) is 7.67. The van der Waals surface area contributed by atoms with E-state index in [0.29, 0.717) is 12.2 Å². The first-order valence-electron chi connectivity index (χ1n) is 9.53. The van der Waals surface area contributed by atoms with Crippen LogP contribution in [0.3, 0.4) is 0 Å².